The fourth-order valence-corrected chi connectivity index (χ4v) is 3.61. The van der Waals surface area contributed by atoms with Crippen molar-refractivity contribution in [1.82, 2.24) is 0 Å². The Morgan fingerprint density at radius 3 is 1.29 bits per heavy atom. The third-order valence-electron chi connectivity index (χ3n) is 6.08. The molecule has 3 rings (SSSR count). The van der Waals surface area contributed by atoms with Gasteiger partial charge in [0.05, 0.1) is 11.1 Å². The first-order chi connectivity index (χ1) is 20.0. The van der Waals surface area contributed by atoms with Crippen LogP contribution in [0.3, 0.4) is 0 Å². The fourth-order valence-electron chi connectivity index (χ4n) is 3.61. The number of ether oxygens (including phenoxy) is 6. The summed E-state index contributed by atoms with van der Waals surface area (Å²) in [5.41, 5.74) is 3.08. The van der Waals surface area contributed by atoms with Crippen molar-refractivity contribution in [3.63, 3.8) is 0 Å². The van der Waals surface area contributed by atoms with Gasteiger partial charge in [0.15, 0.2) is 0 Å². The van der Waals surface area contributed by atoms with Crippen LogP contribution in [-0.2, 0) is 19.1 Å². The number of hydrogen-bond acceptors (Lipinski definition) is 10. The molecule has 0 aliphatic rings. The standard InChI is InChI=1S/C32H30O10/c1-7-29(33)39-17-37-25-11-9-23(15-19(25)3)31(35)41-27-13-14-28(22(6)21(27)5)42-32(36)24-10-12-26(20(4)16-24)38-18-40-30(34)8-2/h7-16H,1-2,17-18H2,3-6H3. The SMILES string of the molecule is C=CC(=O)OCOc1ccc(C(=O)Oc2ccc(OC(=O)c3ccc(OCOC(=O)C=C)c(C)c3)c(C)c2C)cc1C. The van der Waals surface area contributed by atoms with Crippen LogP contribution in [0, 0.1) is 27.7 Å². The predicted molar refractivity (Wildman–Crippen MR) is 152 cm³/mol. The molecule has 0 atom stereocenters. The summed E-state index contributed by atoms with van der Waals surface area (Å²) >= 11 is 0. The van der Waals surface area contributed by atoms with E-state index in [1.54, 1.807) is 64.1 Å². The molecule has 0 unspecified atom stereocenters. The molecule has 0 saturated heterocycles. The van der Waals surface area contributed by atoms with Gasteiger partial charge in [-0.3, -0.25) is 0 Å². The molecular weight excluding hydrogens is 544 g/mol. The Balaban J connectivity index is 1.64. The average molecular weight is 575 g/mol. The minimum absolute atomic E-state index is 0.289. The van der Waals surface area contributed by atoms with Gasteiger partial charge in [-0.2, -0.15) is 0 Å². The van der Waals surface area contributed by atoms with E-state index in [2.05, 4.69) is 13.2 Å². The van der Waals surface area contributed by atoms with E-state index >= 15 is 0 Å². The molecule has 0 saturated carbocycles. The lowest BCUT2D eigenvalue weighted by Gasteiger charge is -2.15. The topological polar surface area (TPSA) is 124 Å². The molecule has 0 aliphatic heterocycles. The van der Waals surface area contributed by atoms with E-state index in [0.717, 1.165) is 12.2 Å². The lowest BCUT2D eigenvalue weighted by atomic mass is 10.1. The summed E-state index contributed by atoms with van der Waals surface area (Å²) in [5, 5.41) is 0. The summed E-state index contributed by atoms with van der Waals surface area (Å²) in [4.78, 5) is 48.0. The van der Waals surface area contributed by atoms with Crippen molar-refractivity contribution in [3.05, 3.63) is 107 Å². The Hall–Kier alpha value is -5.38. The van der Waals surface area contributed by atoms with Crippen molar-refractivity contribution in [2.45, 2.75) is 27.7 Å². The Morgan fingerprint density at radius 2 is 0.952 bits per heavy atom. The van der Waals surface area contributed by atoms with E-state index in [9.17, 15) is 19.2 Å². The van der Waals surface area contributed by atoms with Gasteiger partial charge in [-0.05, 0) is 98.5 Å². The van der Waals surface area contributed by atoms with Crippen molar-refractivity contribution < 1.29 is 47.6 Å². The first kappa shape index (κ1) is 31.2. The lowest BCUT2D eigenvalue weighted by molar-refractivity contribution is -0.145. The number of benzene rings is 3. The molecule has 0 N–H and O–H groups in total. The zero-order valence-corrected chi connectivity index (χ0v) is 23.7. The maximum atomic E-state index is 12.8. The molecule has 10 nitrogen and oxygen atoms in total. The second-order valence-corrected chi connectivity index (χ2v) is 8.91. The van der Waals surface area contributed by atoms with E-state index in [0.29, 0.717) is 45.3 Å². The van der Waals surface area contributed by atoms with Crippen LogP contribution in [0.15, 0.2) is 73.8 Å². The summed E-state index contributed by atoms with van der Waals surface area (Å²) in [5.74, 6) is -0.914. The van der Waals surface area contributed by atoms with Gasteiger partial charge in [-0.15, -0.1) is 0 Å². The molecular formula is C32H30O10. The van der Waals surface area contributed by atoms with Crippen molar-refractivity contribution in [1.29, 1.82) is 0 Å². The minimum atomic E-state index is -0.611. The van der Waals surface area contributed by atoms with Crippen molar-refractivity contribution in [3.8, 4) is 23.0 Å². The van der Waals surface area contributed by atoms with Crippen LogP contribution in [0.2, 0.25) is 0 Å². The summed E-state index contributed by atoms with van der Waals surface area (Å²) in [6, 6.07) is 12.5. The van der Waals surface area contributed by atoms with E-state index < -0.39 is 23.9 Å². The van der Waals surface area contributed by atoms with Crippen molar-refractivity contribution in [2.75, 3.05) is 13.6 Å². The highest BCUT2D eigenvalue weighted by atomic mass is 16.7. The number of carbonyl (C=O) groups is 4. The number of rotatable bonds is 12. The molecule has 42 heavy (non-hydrogen) atoms. The van der Waals surface area contributed by atoms with E-state index in [4.69, 9.17) is 28.4 Å². The molecule has 0 aromatic heterocycles. The zero-order valence-electron chi connectivity index (χ0n) is 23.7. The molecule has 0 fully saturated rings. The number of carbonyl (C=O) groups excluding carboxylic acids is 4. The Labute approximate surface area is 243 Å². The van der Waals surface area contributed by atoms with Crippen LogP contribution >= 0.6 is 0 Å². The third kappa shape index (κ3) is 8.07. The molecule has 0 spiro atoms. The van der Waals surface area contributed by atoms with Gasteiger partial charge in [0.2, 0.25) is 13.6 Å². The first-order valence-electron chi connectivity index (χ1n) is 12.6. The molecule has 3 aromatic carbocycles. The van der Waals surface area contributed by atoms with Gasteiger partial charge in [0.1, 0.15) is 23.0 Å². The molecule has 0 amide bonds. The Kier molecular flexibility index (Phi) is 10.6. The molecule has 0 bridgehead atoms. The van der Waals surface area contributed by atoms with E-state index in [1.165, 1.54) is 12.1 Å². The third-order valence-corrected chi connectivity index (χ3v) is 6.08. The number of aryl methyl sites for hydroxylation is 2. The molecule has 10 heteroatoms. The number of hydrogen-bond donors (Lipinski definition) is 0. The summed E-state index contributed by atoms with van der Waals surface area (Å²) in [7, 11) is 0. The largest absolute Gasteiger partial charge is 0.457 e. The average Bonchev–Trinajstić information content (AvgIpc) is 2.98. The van der Waals surface area contributed by atoms with Gasteiger partial charge in [0.25, 0.3) is 0 Å². The molecule has 3 aromatic rings. The lowest BCUT2D eigenvalue weighted by Crippen LogP contribution is -2.13. The molecule has 0 aliphatic carbocycles. The zero-order chi connectivity index (χ0) is 30.8. The maximum Gasteiger partial charge on any atom is 0.343 e. The fraction of sp³-hybridized carbons (Fsp3) is 0.188. The van der Waals surface area contributed by atoms with Crippen LogP contribution in [0.25, 0.3) is 0 Å². The van der Waals surface area contributed by atoms with Crippen LogP contribution in [0.1, 0.15) is 43.0 Å². The Bertz CT molecular complexity index is 1420. The number of esters is 4. The van der Waals surface area contributed by atoms with Crippen LogP contribution in [-0.4, -0.2) is 37.5 Å². The quantitative estimate of drug-likeness (QED) is 0.119. The highest BCUT2D eigenvalue weighted by Crippen LogP contribution is 2.31. The predicted octanol–water partition coefficient (Wildman–Crippen LogP) is 5.49. The second-order valence-electron chi connectivity index (χ2n) is 8.91. The molecule has 0 radical (unpaired) electrons. The summed E-state index contributed by atoms with van der Waals surface area (Å²) in [6.07, 6.45) is 2.06. The molecule has 0 heterocycles. The second kappa shape index (κ2) is 14.3. The normalized spacial score (nSPS) is 10.2. The summed E-state index contributed by atoms with van der Waals surface area (Å²) < 4.78 is 31.6. The smallest absolute Gasteiger partial charge is 0.343 e. The van der Waals surface area contributed by atoms with E-state index in [1.807, 2.05) is 0 Å². The minimum Gasteiger partial charge on any atom is -0.457 e. The van der Waals surface area contributed by atoms with Crippen LogP contribution in [0.4, 0.5) is 0 Å². The van der Waals surface area contributed by atoms with Crippen molar-refractivity contribution in [2.24, 2.45) is 0 Å². The van der Waals surface area contributed by atoms with Gasteiger partial charge in [-0.1, -0.05) is 13.2 Å². The monoisotopic (exact) mass is 574 g/mol. The van der Waals surface area contributed by atoms with E-state index in [-0.39, 0.29) is 24.7 Å². The molecule has 218 valence electrons. The van der Waals surface area contributed by atoms with Crippen LogP contribution in [0.5, 0.6) is 23.0 Å². The van der Waals surface area contributed by atoms with Crippen molar-refractivity contribution >= 4 is 23.9 Å². The maximum absolute atomic E-state index is 12.8. The highest BCUT2D eigenvalue weighted by molar-refractivity contribution is 5.93. The van der Waals surface area contributed by atoms with Gasteiger partial charge >= 0.3 is 23.9 Å². The highest BCUT2D eigenvalue weighted by Gasteiger charge is 2.18. The Morgan fingerprint density at radius 1 is 0.595 bits per heavy atom. The van der Waals surface area contributed by atoms with Gasteiger partial charge < -0.3 is 28.4 Å². The van der Waals surface area contributed by atoms with Gasteiger partial charge in [0, 0.05) is 12.2 Å². The van der Waals surface area contributed by atoms with Gasteiger partial charge in [-0.25, -0.2) is 19.2 Å². The van der Waals surface area contributed by atoms with Crippen LogP contribution < -0.4 is 18.9 Å². The summed E-state index contributed by atoms with van der Waals surface area (Å²) in [6.45, 7) is 13.0. The first-order valence-corrected chi connectivity index (χ1v) is 12.6.